The third-order valence-electron chi connectivity index (χ3n) is 7.30. The molecule has 42 heavy (non-hydrogen) atoms. The van der Waals surface area contributed by atoms with E-state index in [-0.39, 0.29) is 19.0 Å². The number of anilines is 1. The van der Waals surface area contributed by atoms with E-state index in [0.29, 0.717) is 34.9 Å². The third kappa shape index (κ3) is 6.17. The molecule has 1 N–H and O–H groups in total. The van der Waals surface area contributed by atoms with Crippen molar-refractivity contribution in [1.82, 2.24) is 5.16 Å². The van der Waals surface area contributed by atoms with Crippen LogP contribution in [-0.4, -0.2) is 30.4 Å². The van der Waals surface area contributed by atoms with Crippen LogP contribution >= 0.6 is 0 Å². The average molecular weight is 579 g/mol. The minimum atomic E-state index is -4.44. The first-order valence-corrected chi connectivity index (χ1v) is 13.6. The molecule has 1 fully saturated rings. The summed E-state index contributed by atoms with van der Waals surface area (Å²) in [5, 5.41) is 6.60. The number of ether oxygens (including phenoxy) is 2. The molecule has 0 bridgehead atoms. The molecular formula is C32H29F3N2O5. The first-order chi connectivity index (χ1) is 20.1. The number of rotatable bonds is 9. The maximum Gasteiger partial charge on any atom is 0.416 e. The predicted molar refractivity (Wildman–Crippen MR) is 150 cm³/mol. The molecule has 1 aliphatic rings. The van der Waals surface area contributed by atoms with Gasteiger partial charge in [-0.25, -0.2) is 4.79 Å². The molecule has 0 unspecified atom stereocenters. The van der Waals surface area contributed by atoms with Crippen LogP contribution in [0, 0.1) is 6.92 Å². The molecule has 0 spiro atoms. The van der Waals surface area contributed by atoms with Gasteiger partial charge in [0.2, 0.25) is 0 Å². The molecule has 218 valence electrons. The average Bonchev–Trinajstić information content (AvgIpc) is 3.72. The molecule has 5 rings (SSSR count). The molecule has 4 aromatic rings. The van der Waals surface area contributed by atoms with Gasteiger partial charge in [-0.05, 0) is 55.0 Å². The zero-order valence-electron chi connectivity index (χ0n) is 23.1. The quantitative estimate of drug-likeness (QED) is 0.205. The Kier molecular flexibility index (Phi) is 8.06. The summed E-state index contributed by atoms with van der Waals surface area (Å²) in [7, 11) is 0. The van der Waals surface area contributed by atoms with Gasteiger partial charge in [0.25, 0.3) is 0 Å². The first-order valence-electron chi connectivity index (χ1n) is 13.6. The Bertz CT molecular complexity index is 1570. The number of aromatic nitrogens is 1. The number of nitrogens with one attached hydrogen (secondary N) is 1. The Labute approximate surface area is 240 Å². The number of hydrogen-bond acceptors (Lipinski definition) is 6. The lowest BCUT2D eigenvalue weighted by molar-refractivity contribution is -0.146. The number of hydrogen-bond donors (Lipinski definition) is 1. The van der Waals surface area contributed by atoms with Crippen molar-refractivity contribution >= 4 is 17.7 Å². The number of amides is 1. The van der Waals surface area contributed by atoms with Gasteiger partial charge >= 0.3 is 18.2 Å². The number of carbonyl (C=O) groups excluding carboxylic acids is 2. The Morgan fingerprint density at radius 2 is 1.60 bits per heavy atom. The number of esters is 1. The molecular weight excluding hydrogens is 549 g/mol. The van der Waals surface area contributed by atoms with Gasteiger partial charge < -0.3 is 14.0 Å². The van der Waals surface area contributed by atoms with Gasteiger partial charge in [-0.15, -0.1) is 0 Å². The number of alkyl halides is 3. The van der Waals surface area contributed by atoms with Gasteiger partial charge in [-0.1, -0.05) is 71.9 Å². The second kappa shape index (κ2) is 11.7. The Morgan fingerprint density at radius 3 is 2.21 bits per heavy atom. The second-order valence-corrected chi connectivity index (χ2v) is 10.1. The summed E-state index contributed by atoms with van der Waals surface area (Å²) in [6.07, 6.45) is -3.52. The highest BCUT2D eigenvalue weighted by Crippen LogP contribution is 2.49. The molecule has 10 heteroatoms. The van der Waals surface area contributed by atoms with Crippen LogP contribution < -0.4 is 5.32 Å². The number of halogens is 3. The lowest BCUT2D eigenvalue weighted by Gasteiger charge is -2.14. The molecule has 0 radical (unpaired) electrons. The van der Waals surface area contributed by atoms with Crippen LogP contribution in [0.1, 0.15) is 42.1 Å². The van der Waals surface area contributed by atoms with E-state index < -0.39 is 23.2 Å². The van der Waals surface area contributed by atoms with Crippen LogP contribution in [0.5, 0.6) is 0 Å². The van der Waals surface area contributed by atoms with Crippen LogP contribution in [0.4, 0.5) is 23.7 Å². The number of carbonyl (C=O) groups is 2. The van der Waals surface area contributed by atoms with E-state index in [1.807, 2.05) is 48.5 Å². The van der Waals surface area contributed by atoms with E-state index in [4.69, 9.17) is 14.0 Å². The number of benzene rings is 3. The van der Waals surface area contributed by atoms with Gasteiger partial charge in [0, 0.05) is 12.0 Å². The predicted octanol–water partition coefficient (Wildman–Crippen LogP) is 7.72. The summed E-state index contributed by atoms with van der Waals surface area (Å²) in [4.78, 5) is 24.9. The molecule has 7 nitrogen and oxygen atoms in total. The SMILES string of the molecule is CCOC(=O)C1(c2ccc(-c3ccc(-c4onc(C)c4NC(=O)OCCc4cccc(C(F)(F)F)c4)cc3)cc2)CC1. The van der Waals surface area contributed by atoms with Gasteiger partial charge in [0.15, 0.2) is 5.76 Å². The minimum absolute atomic E-state index is 0.110. The highest BCUT2D eigenvalue weighted by atomic mass is 19.4. The summed E-state index contributed by atoms with van der Waals surface area (Å²) in [5.74, 6) is 0.169. The summed E-state index contributed by atoms with van der Waals surface area (Å²) in [6.45, 7) is 3.72. The molecule has 1 amide bonds. The van der Waals surface area contributed by atoms with E-state index in [9.17, 15) is 22.8 Å². The summed E-state index contributed by atoms with van der Waals surface area (Å²) in [6, 6.07) is 20.3. The highest BCUT2D eigenvalue weighted by molar-refractivity contribution is 5.91. The normalized spacial score (nSPS) is 13.8. The van der Waals surface area contributed by atoms with Crippen LogP contribution in [0.15, 0.2) is 77.3 Å². The number of nitrogens with zero attached hydrogens (tertiary/aromatic N) is 1. The van der Waals surface area contributed by atoms with Crippen molar-refractivity contribution < 1.29 is 36.8 Å². The Hall–Kier alpha value is -4.60. The van der Waals surface area contributed by atoms with Crippen LogP contribution in [0.3, 0.4) is 0 Å². The fourth-order valence-corrected chi connectivity index (χ4v) is 4.82. The van der Waals surface area contributed by atoms with Gasteiger partial charge in [0.05, 0.1) is 24.2 Å². The van der Waals surface area contributed by atoms with E-state index in [2.05, 4.69) is 10.5 Å². The van der Waals surface area contributed by atoms with Gasteiger partial charge in [-0.3, -0.25) is 10.1 Å². The maximum atomic E-state index is 12.9. The van der Waals surface area contributed by atoms with Crippen LogP contribution in [0.2, 0.25) is 0 Å². The highest BCUT2D eigenvalue weighted by Gasteiger charge is 2.52. The van der Waals surface area contributed by atoms with Crippen molar-refractivity contribution in [1.29, 1.82) is 0 Å². The first kappa shape index (κ1) is 28.9. The lowest BCUT2D eigenvalue weighted by Crippen LogP contribution is -2.23. The minimum Gasteiger partial charge on any atom is -0.465 e. The van der Waals surface area contributed by atoms with Crippen molar-refractivity contribution in [2.24, 2.45) is 0 Å². The standard InChI is InChI=1S/C32H29F3N2O5/c1-3-40-29(38)31(16-17-31)25-13-11-23(12-14-25)22-7-9-24(10-8-22)28-27(20(2)37-42-28)36-30(39)41-18-15-21-5-4-6-26(19-21)32(33,34)35/h4-14,19H,3,15-18H2,1-2H3,(H,36,39). The molecule has 0 saturated heterocycles. The molecule has 0 atom stereocenters. The molecule has 1 aliphatic carbocycles. The largest absolute Gasteiger partial charge is 0.465 e. The lowest BCUT2D eigenvalue weighted by atomic mass is 9.93. The molecule has 3 aromatic carbocycles. The Morgan fingerprint density at radius 1 is 0.952 bits per heavy atom. The van der Waals surface area contributed by atoms with Gasteiger partial charge in [-0.2, -0.15) is 13.2 Å². The maximum absolute atomic E-state index is 12.9. The number of aryl methyl sites for hydroxylation is 1. The van der Waals surface area contributed by atoms with E-state index >= 15 is 0 Å². The van der Waals surface area contributed by atoms with Crippen molar-refractivity contribution in [3.8, 4) is 22.5 Å². The summed E-state index contributed by atoms with van der Waals surface area (Å²) >= 11 is 0. The van der Waals surface area contributed by atoms with Crippen LogP contribution in [0.25, 0.3) is 22.5 Å². The zero-order chi connectivity index (χ0) is 29.9. The summed E-state index contributed by atoms with van der Waals surface area (Å²) in [5.41, 5.74) is 3.46. The fraction of sp³-hybridized carbons (Fsp3) is 0.281. The molecule has 1 saturated carbocycles. The van der Waals surface area contributed by atoms with Crippen LogP contribution in [-0.2, 0) is 32.3 Å². The zero-order valence-corrected chi connectivity index (χ0v) is 23.1. The monoisotopic (exact) mass is 578 g/mol. The molecule has 1 aromatic heterocycles. The topological polar surface area (TPSA) is 90.7 Å². The third-order valence-corrected chi connectivity index (χ3v) is 7.30. The molecule has 0 aliphatic heterocycles. The van der Waals surface area contributed by atoms with Crippen molar-refractivity contribution in [3.05, 3.63) is 95.2 Å². The van der Waals surface area contributed by atoms with Crippen molar-refractivity contribution in [2.45, 2.75) is 44.7 Å². The second-order valence-electron chi connectivity index (χ2n) is 10.1. The smallest absolute Gasteiger partial charge is 0.416 e. The van der Waals surface area contributed by atoms with E-state index in [1.165, 1.54) is 6.07 Å². The molecule has 1 heterocycles. The van der Waals surface area contributed by atoms with Crippen molar-refractivity contribution in [3.63, 3.8) is 0 Å². The van der Waals surface area contributed by atoms with E-state index in [0.717, 1.165) is 41.7 Å². The fourth-order valence-electron chi connectivity index (χ4n) is 4.82. The van der Waals surface area contributed by atoms with Gasteiger partial charge in [0.1, 0.15) is 11.4 Å². The van der Waals surface area contributed by atoms with E-state index in [1.54, 1.807) is 19.9 Å². The summed E-state index contributed by atoms with van der Waals surface area (Å²) < 4.78 is 54.7. The Balaban J connectivity index is 1.22. The van der Waals surface area contributed by atoms with Crippen molar-refractivity contribution in [2.75, 3.05) is 18.5 Å².